The van der Waals surface area contributed by atoms with Crippen molar-refractivity contribution in [3.63, 3.8) is 0 Å². The topological polar surface area (TPSA) is 161 Å². The number of carbonyl (C=O) groups is 4. The van der Waals surface area contributed by atoms with Crippen LogP contribution < -0.4 is 11.5 Å². The van der Waals surface area contributed by atoms with E-state index in [4.69, 9.17) is 30.1 Å². The number of furan rings is 1. The SMILES string of the molecule is COC(=O)[C@@H]1CC(OC(=O)c2ccccc2C)C(=O)[C@H]2[C@@]1(N)CC[C@H]1C(=O)O[C@H](c3ccoc3)C[C@]21N. The van der Waals surface area contributed by atoms with Crippen LogP contribution in [0.2, 0.25) is 0 Å². The van der Waals surface area contributed by atoms with Gasteiger partial charge in [-0.3, -0.25) is 14.4 Å². The minimum absolute atomic E-state index is 0.0879. The lowest BCUT2D eigenvalue weighted by atomic mass is 9.48. The normalized spacial score (nSPS) is 35.1. The summed E-state index contributed by atoms with van der Waals surface area (Å²) in [6, 6.07) is 8.49. The number of cyclic esters (lactones) is 1. The zero-order valence-electron chi connectivity index (χ0n) is 20.7. The standard InChI is InChI=1S/C27H30N2O8/c1-14-5-3-4-6-16(14)23(31)36-19-11-18(24(32)34-2)26(28)9-7-17-25(33)37-20(15-8-10-35-13-15)12-27(17,29)22(26)21(19)30/h3-6,8,10,13,17-20,22H,7,9,11-12,28-29H2,1-2H3/t17-,18-,19?,20-,22-,26+,27+/m0/s1. The van der Waals surface area contributed by atoms with Crippen molar-refractivity contribution < 1.29 is 37.8 Å². The third kappa shape index (κ3) is 3.95. The molecule has 2 heterocycles. The molecule has 3 fully saturated rings. The quantitative estimate of drug-likeness (QED) is 0.459. The predicted octanol–water partition coefficient (Wildman–Crippen LogP) is 1.98. The molecule has 0 spiro atoms. The second-order valence-corrected chi connectivity index (χ2v) is 10.4. The first kappa shape index (κ1) is 25.2. The molecule has 2 aliphatic carbocycles. The molecule has 0 bridgehead atoms. The summed E-state index contributed by atoms with van der Waals surface area (Å²) in [5, 5.41) is 0. The van der Waals surface area contributed by atoms with Crippen LogP contribution in [-0.4, -0.2) is 48.0 Å². The third-order valence-corrected chi connectivity index (χ3v) is 8.39. The summed E-state index contributed by atoms with van der Waals surface area (Å²) in [6.07, 6.45) is 1.24. The average Bonchev–Trinajstić information content (AvgIpc) is 3.40. The molecule has 4 N–H and O–H groups in total. The van der Waals surface area contributed by atoms with Gasteiger partial charge in [0.1, 0.15) is 6.10 Å². The lowest BCUT2D eigenvalue weighted by Crippen LogP contribution is -2.78. The van der Waals surface area contributed by atoms with E-state index in [0.717, 1.165) is 0 Å². The van der Waals surface area contributed by atoms with Crippen LogP contribution in [0, 0.1) is 24.7 Å². The van der Waals surface area contributed by atoms with Gasteiger partial charge in [0, 0.05) is 29.5 Å². The van der Waals surface area contributed by atoms with Crippen LogP contribution in [0.1, 0.15) is 53.3 Å². The first-order chi connectivity index (χ1) is 17.6. The van der Waals surface area contributed by atoms with Crippen molar-refractivity contribution >= 4 is 23.7 Å². The molecule has 196 valence electrons. The summed E-state index contributed by atoms with van der Waals surface area (Å²) in [5.41, 5.74) is 12.6. The minimum Gasteiger partial charge on any atom is -0.472 e. The van der Waals surface area contributed by atoms with Crippen molar-refractivity contribution in [2.45, 2.75) is 55.9 Å². The Hall–Kier alpha value is -3.50. The molecule has 7 atom stereocenters. The number of carbonyl (C=O) groups excluding carboxylic acids is 4. The van der Waals surface area contributed by atoms with E-state index in [0.29, 0.717) is 16.7 Å². The fourth-order valence-corrected chi connectivity index (χ4v) is 6.53. The van der Waals surface area contributed by atoms with Crippen LogP contribution in [0.3, 0.4) is 0 Å². The molecule has 10 nitrogen and oxygen atoms in total. The van der Waals surface area contributed by atoms with Crippen LogP contribution in [0.4, 0.5) is 0 Å². The van der Waals surface area contributed by atoms with Crippen LogP contribution >= 0.6 is 0 Å². The summed E-state index contributed by atoms with van der Waals surface area (Å²) in [6.45, 7) is 1.76. The third-order valence-electron chi connectivity index (χ3n) is 8.39. The van der Waals surface area contributed by atoms with Gasteiger partial charge in [-0.1, -0.05) is 18.2 Å². The number of rotatable bonds is 4. The zero-order valence-corrected chi connectivity index (χ0v) is 20.7. The Balaban J connectivity index is 1.54. The van der Waals surface area contributed by atoms with Gasteiger partial charge in [-0.05, 0) is 37.5 Å². The summed E-state index contributed by atoms with van der Waals surface area (Å²) >= 11 is 0. The molecule has 3 aliphatic rings. The number of hydrogen-bond donors (Lipinski definition) is 2. The monoisotopic (exact) mass is 510 g/mol. The highest BCUT2D eigenvalue weighted by Gasteiger charge is 2.69. The highest BCUT2D eigenvalue weighted by atomic mass is 16.6. The first-order valence-electron chi connectivity index (χ1n) is 12.3. The zero-order chi connectivity index (χ0) is 26.5. The summed E-state index contributed by atoms with van der Waals surface area (Å²) in [5.74, 6) is -5.30. The van der Waals surface area contributed by atoms with Gasteiger partial charge in [-0.25, -0.2) is 4.79 Å². The number of ether oxygens (including phenoxy) is 3. The number of nitrogens with two attached hydrogens (primary N) is 2. The largest absolute Gasteiger partial charge is 0.472 e. The van der Waals surface area contributed by atoms with E-state index >= 15 is 0 Å². The molecule has 0 radical (unpaired) electrons. The number of benzene rings is 1. The van der Waals surface area contributed by atoms with Gasteiger partial charge in [0.2, 0.25) is 0 Å². The lowest BCUT2D eigenvalue weighted by Gasteiger charge is -2.60. The second-order valence-electron chi connectivity index (χ2n) is 10.4. The number of fused-ring (bicyclic) bond motifs is 3. The minimum atomic E-state index is -1.44. The molecule has 2 aromatic rings. The van der Waals surface area contributed by atoms with E-state index in [1.54, 1.807) is 37.3 Å². The molecule has 10 heteroatoms. The number of esters is 3. The van der Waals surface area contributed by atoms with Crippen molar-refractivity contribution in [3.8, 4) is 0 Å². The molecule has 1 saturated heterocycles. The molecule has 1 aromatic heterocycles. The second kappa shape index (κ2) is 9.11. The van der Waals surface area contributed by atoms with Crippen molar-refractivity contribution in [2.24, 2.45) is 29.2 Å². The number of aryl methyl sites for hydroxylation is 1. The van der Waals surface area contributed by atoms with E-state index in [-0.39, 0.29) is 25.7 Å². The Morgan fingerprint density at radius 2 is 1.86 bits per heavy atom. The molecule has 2 saturated carbocycles. The van der Waals surface area contributed by atoms with E-state index in [1.807, 2.05) is 0 Å². The van der Waals surface area contributed by atoms with E-state index in [1.165, 1.54) is 19.6 Å². The van der Waals surface area contributed by atoms with E-state index in [2.05, 4.69) is 0 Å². The van der Waals surface area contributed by atoms with Crippen molar-refractivity contribution in [1.82, 2.24) is 0 Å². The highest BCUT2D eigenvalue weighted by molar-refractivity contribution is 5.97. The molecule has 5 rings (SSSR count). The van der Waals surface area contributed by atoms with Crippen LogP contribution in [0.15, 0.2) is 47.3 Å². The number of Topliss-reactive ketones (excluding diaryl/α,β-unsaturated/α-hetero) is 1. The average molecular weight is 511 g/mol. The maximum atomic E-state index is 14.1. The Morgan fingerprint density at radius 1 is 1.11 bits per heavy atom. The van der Waals surface area contributed by atoms with Gasteiger partial charge in [-0.2, -0.15) is 0 Å². The van der Waals surface area contributed by atoms with Crippen LogP contribution in [0.25, 0.3) is 0 Å². The summed E-state index contributed by atoms with van der Waals surface area (Å²) < 4.78 is 21.6. The Morgan fingerprint density at radius 3 is 2.54 bits per heavy atom. The maximum absolute atomic E-state index is 14.1. The van der Waals surface area contributed by atoms with Crippen LogP contribution in [-0.2, 0) is 28.6 Å². The smallest absolute Gasteiger partial charge is 0.339 e. The predicted molar refractivity (Wildman–Crippen MR) is 128 cm³/mol. The first-order valence-corrected chi connectivity index (χ1v) is 12.3. The van der Waals surface area contributed by atoms with Gasteiger partial charge >= 0.3 is 17.9 Å². The molecular weight excluding hydrogens is 480 g/mol. The number of methoxy groups -OCH3 is 1. The highest BCUT2D eigenvalue weighted by Crippen LogP contribution is 2.55. The van der Waals surface area contributed by atoms with Crippen molar-refractivity contribution in [2.75, 3.05) is 7.11 Å². The molecular formula is C27H30N2O8. The van der Waals surface area contributed by atoms with Crippen molar-refractivity contribution in [3.05, 3.63) is 59.5 Å². The Bertz CT molecular complexity index is 1240. The van der Waals surface area contributed by atoms with Gasteiger partial charge in [-0.15, -0.1) is 0 Å². The molecule has 1 aliphatic heterocycles. The number of ketones is 1. The van der Waals surface area contributed by atoms with Gasteiger partial charge in [0.25, 0.3) is 0 Å². The lowest BCUT2D eigenvalue weighted by molar-refractivity contribution is -0.186. The molecule has 37 heavy (non-hydrogen) atoms. The molecule has 1 unspecified atom stereocenters. The van der Waals surface area contributed by atoms with Gasteiger partial charge in [0.15, 0.2) is 11.9 Å². The van der Waals surface area contributed by atoms with E-state index < -0.39 is 64.7 Å². The fourth-order valence-electron chi connectivity index (χ4n) is 6.53. The van der Waals surface area contributed by atoms with Crippen LogP contribution in [0.5, 0.6) is 0 Å². The number of hydrogen-bond acceptors (Lipinski definition) is 10. The fraction of sp³-hybridized carbons (Fsp3) is 0.481. The van der Waals surface area contributed by atoms with Crippen molar-refractivity contribution in [1.29, 1.82) is 0 Å². The summed E-state index contributed by atoms with van der Waals surface area (Å²) in [7, 11) is 1.24. The van der Waals surface area contributed by atoms with E-state index in [9.17, 15) is 19.2 Å². The summed E-state index contributed by atoms with van der Waals surface area (Å²) in [4.78, 5) is 53.2. The maximum Gasteiger partial charge on any atom is 0.339 e. The molecule has 0 amide bonds. The van der Waals surface area contributed by atoms with Gasteiger partial charge in [0.05, 0.1) is 43.0 Å². The van der Waals surface area contributed by atoms with Gasteiger partial charge < -0.3 is 30.1 Å². The molecule has 1 aromatic carbocycles. The Labute approximate surface area is 213 Å². The Kier molecular flexibility index (Phi) is 6.19.